The molecule has 0 aliphatic rings. The summed E-state index contributed by atoms with van der Waals surface area (Å²) in [5.41, 5.74) is 0. The van der Waals surface area contributed by atoms with Crippen LogP contribution in [0.3, 0.4) is 0 Å². The summed E-state index contributed by atoms with van der Waals surface area (Å²) in [6.07, 6.45) is 65.2. The first-order chi connectivity index (χ1) is 35.1. The van der Waals surface area contributed by atoms with Gasteiger partial charge < -0.3 is 28.5 Å². The summed E-state index contributed by atoms with van der Waals surface area (Å²) in [5.74, 6) is -2.01. The molecule has 0 spiro atoms. The second kappa shape index (κ2) is 54.5. The van der Waals surface area contributed by atoms with Gasteiger partial charge in [0.05, 0.1) is 34.4 Å². The van der Waals surface area contributed by atoms with Gasteiger partial charge in [-0.2, -0.15) is 0 Å². The zero-order valence-electron chi connectivity index (χ0n) is 47.8. The van der Waals surface area contributed by atoms with Crippen LogP contribution in [0.1, 0.15) is 277 Å². The Morgan fingerprint density at radius 2 is 0.778 bits per heavy atom. The first kappa shape index (κ1) is 69.2. The second-order valence-corrected chi connectivity index (χ2v) is 21.7. The van der Waals surface area contributed by atoms with Crippen molar-refractivity contribution in [2.24, 2.45) is 0 Å². The van der Waals surface area contributed by atoms with Gasteiger partial charge in [-0.1, -0.05) is 242 Å². The Hall–Kier alpha value is -2.75. The molecule has 0 aromatic heterocycles. The number of hydrogen-bond acceptors (Lipinski definition) is 7. The Morgan fingerprint density at radius 1 is 0.417 bits per heavy atom. The molecule has 0 fully saturated rings. The lowest BCUT2D eigenvalue weighted by molar-refractivity contribution is -0.870. The van der Waals surface area contributed by atoms with Crippen LogP contribution in [-0.2, 0) is 33.3 Å². The van der Waals surface area contributed by atoms with Gasteiger partial charge in [0.1, 0.15) is 13.2 Å². The fourth-order valence-corrected chi connectivity index (χ4v) is 8.61. The number of aliphatic carboxylic acids is 1. The molecule has 0 bridgehead atoms. The van der Waals surface area contributed by atoms with Crippen LogP contribution >= 0.6 is 0 Å². The number of rotatable bonds is 56. The minimum Gasteiger partial charge on any atom is -0.477 e. The second-order valence-electron chi connectivity index (χ2n) is 21.7. The number of carbonyl (C=O) groups is 3. The predicted octanol–water partition coefficient (Wildman–Crippen LogP) is 17.9. The van der Waals surface area contributed by atoms with Gasteiger partial charge in [-0.25, -0.2) is 4.79 Å². The number of hydrogen-bond donors (Lipinski definition) is 1. The summed E-state index contributed by atoms with van der Waals surface area (Å²) in [6, 6.07) is 0. The molecule has 0 rings (SSSR count). The lowest BCUT2D eigenvalue weighted by Crippen LogP contribution is -2.40. The van der Waals surface area contributed by atoms with E-state index in [1.54, 1.807) is 0 Å². The maximum atomic E-state index is 12.8. The van der Waals surface area contributed by atoms with Gasteiger partial charge in [0.25, 0.3) is 6.29 Å². The third-order valence-electron chi connectivity index (χ3n) is 13.3. The van der Waals surface area contributed by atoms with Crippen molar-refractivity contribution in [3.63, 3.8) is 0 Å². The van der Waals surface area contributed by atoms with Gasteiger partial charge in [0.2, 0.25) is 0 Å². The maximum Gasteiger partial charge on any atom is 0.361 e. The molecule has 0 heterocycles. The fraction of sp³-hybridized carbons (Fsp3) is 0.825. The minimum absolute atomic E-state index is 0.184. The molecule has 0 radical (unpaired) electrons. The van der Waals surface area contributed by atoms with Crippen molar-refractivity contribution in [3.05, 3.63) is 48.6 Å². The number of nitrogens with zero attached hydrogens (tertiary/aromatic N) is 1. The first-order valence-corrected chi connectivity index (χ1v) is 30.3. The highest BCUT2D eigenvalue weighted by Gasteiger charge is 2.25. The standard InChI is InChI=1S/C63H115NO8/c1-6-8-10-12-14-16-18-19-20-21-22-23-24-25-26-27-28-29-30-31-32-33-34-35-36-37-38-39-40-41-42-43-44-46-48-50-52-54-61(66)72-59(58-71-63(62(67)68)69-56-55-64(3,4)5)57-70-60(65)53-51-49-47-45-17-15-13-11-9-7-2/h11,13,18-19,21-22,24-25,59,63H,6-10,12,14-17,20,23,26-58H2,1-5H3/p+1/b13-11-,19-18-,22-21-,25-24-. The molecule has 0 aromatic rings. The maximum absolute atomic E-state index is 12.8. The zero-order valence-corrected chi connectivity index (χ0v) is 47.8. The van der Waals surface area contributed by atoms with E-state index in [1.165, 1.54) is 173 Å². The Kier molecular flexibility index (Phi) is 52.4. The molecular weight excluding hydrogens is 899 g/mol. The van der Waals surface area contributed by atoms with Crippen molar-refractivity contribution in [1.29, 1.82) is 0 Å². The molecule has 0 aliphatic heterocycles. The van der Waals surface area contributed by atoms with Crippen LogP contribution < -0.4 is 0 Å². The van der Waals surface area contributed by atoms with Gasteiger partial charge in [-0.3, -0.25) is 9.59 Å². The van der Waals surface area contributed by atoms with Gasteiger partial charge in [-0.05, 0) is 70.6 Å². The number of allylic oxidation sites excluding steroid dienone is 8. The topological polar surface area (TPSA) is 108 Å². The van der Waals surface area contributed by atoms with Crippen molar-refractivity contribution in [2.45, 2.75) is 289 Å². The smallest absolute Gasteiger partial charge is 0.361 e. The van der Waals surface area contributed by atoms with E-state index in [0.717, 1.165) is 77.0 Å². The number of esters is 2. The fourth-order valence-electron chi connectivity index (χ4n) is 8.61. The highest BCUT2D eigenvalue weighted by molar-refractivity contribution is 5.71. The lowest BCUT2D eigenvalue weighted by Gasteiger charge is -2.25. The molecule has 9 nitrogen and oxygen atoms in total. The molecule has 2 unspecified atom stereocenters. The third kappa shape index (κ3) is 55.0. The number of unbranched alkanes of at least 4 members (excludes halogenated alkanes) is 33. The van der Waals surface area contributed by atoms with Crippen LogP contribution in [0.15, 0.2) is 48.6 Å². The van der Waals surface area contributed by atoms with Gasteiger partial charge >= 0.3 is 17.9 Å². The molecule has 2 atom stereocenters. The van der Waals surface area contributed by atoms with E-state index >= 15 is 0 Å². The molecular formula is C63H116NO8+. The molecule has 72 heavy (non-hydrogen) atoms. The van der Waals surface area contributed by atoms with E-state index in [9.17, 15) is 19.5 Å². The summed E-state index contributed by atoms with van der Waals surface area (Å²) >= 11 is 0. The summed E-state index contributed by atoms with van der Waals surface area (Å²) in [5, 5.41) is 9.67. The molecule has 0 aliphatic carbocycles. The predicted molar refractivity (Wildman–Crippen MR) is 304 cm³/mol. The largest absolute Gasteiger partial charge is 0.477 e. The first-order valence-electron chi connectivity index (χ1n) is 30.3. The normalized spacial score (nSPS) is 13.1. The van der Waals surface area contributed by atoms with Crippen LogP contribution in [0.4, 0.5) is 0 Å². The summed E-state index contributed by atoms with van der Waals surface area (Å²) < 4.78 is 22.8. The molecule has 0 amide bonds. The van der Waals surface area contributed by atoms with Crippen LogP contribution in [-0.4, -0.2) is 87.4 Å². The molecule has 0 aromatic carbocycles. The Bertz CT molecular complexity index is 1320. The highest BCUT2D eigenvalue weighted by atomic mass is 16.7. The Morgan fingerprint density at radius 3 is 1.18 bits per heavy atom. The van der Waals surface area contributed by atoms with E-state index in [4.69, 9.17) is 18.9 Å². The van der Waals surface area contributed by atoms with Crippen molar-refractivity contribution in [2.75, 3.05) is 47.5 Å². The number of carbonyl (C=O) groups excluding carboxylic acids is 2. The number of likely N-dealkylation sites (N-methyl/N-ethyl adjacent to an activating group) is 1. The SMILES string of the molecule is CCC/C=C\CCCCCCCC(=O)OCC(COC(OCC[N+](C)(C)C)C(=O)O)OC(=O)CCCCCCCCCCCCCCCCCCCCCCCC/C=C\C/C=C\C/C=C\CCCCCCC. The van der Waals surface area contributed by atoms with Crippen LogP contribution in [0.2, 0.25) is 0 Å². The molecule has 0 saturated heterocycles. The average molecular weight is 1020 g/mol. The Balaban J connectivity index is 3.93. The average Bonchev–Trinajstić information content (AvgIpc) is 3.35. The van der Waals surface area contributed by atoms with E-state index in [2.05, 4.69) is 62.5 Å². The van der Waals surface area contributed by atoms with Crippen molar-refractivity contribution < 1.29 is 42.9 Å². The number of quaternary nitrogens is 1. The molecule has 1 N–H and O–H groups in total. The van der Waals surface area contributed by atoms with Crippen molar-refractivity contribution in [1.82, 2.24) is 0 Å². The van der Waals surface area contributed by atoms with Gasteiger partial charge in [-0.15, -0.1) is 0 Å². The van der Waals surface area contributed by atoms with Crippen LogP contribution in [0.5, 0.6) is 0 Å². The zero-order chi connectivity index (χ0) is 52.7. The minimum atomic E-state index is -1.51. The third-order valence-corrected chi connectivity index (χ3v) is 13.3. The Labute approximate surface area is 444 Å². The number of ether oxygens (including phenoxy) is 4. The summed E-state index contributed by atoms with van der Waals surface area (Å²) in [6.45, 7) is 4.81. The quantitative estimate of drug-likeness (QED) is 0.0211. The number of carboxylic acids is 1. The summed E-state index contributed by atoms with van der Waals surface area (Å²) in [7, 11) is 5.96. The monoisotopic (exact) mass is 1010 g/mol. The molecule has 0 saturated carbocycles. The molecule has 9 heteroatoms. The van der Waals surface area contributed by atoms with Crippen molar-refractivity contribution in [3.8, 4) is 0 Å². The highest BCUT2D eigenvalue weighted by Crippen LogP contribution is 2.17. The van der Waals surface area contributed by atoms with Gasteiger partial charge in [0.15, 0.2) is 6.10 Å². The van der Waals surface area contributed by atoms with E-state index in [-0.39, 0.29) is 32.2 Å². The molecule has 420 valence electrons. The summed E-state index contributed by atoms with van der Waals surface area (Å²) in [4.78, 5) is 37.2. The van der Waals surface area contributed by atoms with E-state index in [0.29, 0.717) is 17.4 Å². The lowest BCUT2D eigenvalue weighted by atomic mass is 10.0. The van der Waals surface area contributed by atoms with E-state index in [1.807, 2.05) is 21.1 Å². The number of carboxylic acid groups (broad SMARTS) is 1. The van der Waals surface area contributed by atoms with Crippen molar-refractivity contribution >= 4 is 17.9 Å². The van der Waals surface area contributed by atoms with E-state index < -0.39 is 24.3 Å². The van der Waals surface area contributed by atoms with Gasteiger partial charge in [0, 0.05) is 12.8 Å². The van der Waals surface area contributed by atoms with Crippen LogP contribution in [0.25, 0.3) is 0 Å². The van der Waals surface area contributed by atoms with Crippen LogP contribution in [0, 0.1) is 0 Å².